The van der Waals surface area contributed by atoms with E-state index in [1.54, 1.807) is 29.9 Å². The standard InChI is InChI=1S/C17H18N6O3/c1-11-9-20-13(10-19-11)16(24)18-6-7-22-17(25)23(12-4-5-12)15(21-22)14-3-2-8-26-14/h2-3,8-10,12H,4-7H2,1H3,(H,18,24). The summed E-state index contributed by atoms with van der Waals surface area (Å²) in [6.45, 7) is 2.32. The molecule has 0 spiro atoms. The van der Waals surface area contributed by atoms with E-state index in [2.05, 4.69) is 20.4 Å². The Bertz CT molecular complexity index is 967. The van der Waals surface area contributed by atoms with E-state index in [1.807, 2.05) is 0 Å². The summed E-state index contributed by atoms with van der Waals surface area (Å²) in [4.78, 5) is 32.8. The maximum absolute atomic E-state index is 12.6. The van der Waals surface area contributed by atoms with Crippen molar-refractivity contribution in [3.8, 4) is 11.6 Å². The topological polar surface area (TPSA) is 108 Å². The summed E-state index contributed by atoms with van der Waals surface area (Å²) in [5.74, 6) is 0.753. The number of nitrogens with zero attached hydrogens (tertiary/aromatic N) is 5. The Morgan fingerprint density at radius 2 is 2.19 bits per heavy atom. The van der Waals surface area contributed by atoms with Crippen LogP contribution < -0.4 is 11.0 Å². The molecule has 0 radical (unpaired) electrons. The zero-order chi connectivity index (χ0) is 18.1. The number of nitrogens with one attached hydrogen (secondary N) is 1. The molecule has 4 rings (SSSR count). The average Bonchev–Trinajstić information content (AvgIpc) is 3.21. The van der Waals surface area contributed by atoms with Crippen molar-refractivity contribution in [2.75, 3.05) is 6.54 Å². The van der Waals surface area contributed by atoms with E-state index in [-0.39, 0.29) is 36.4 Å². The van der Waals surface area contributed by atoms with Gasteiger partial charge in [0.2, 0.25) is 5.82 Å². The molecule has 1 aliphatic rings. The van der Waals surface area contributed by atoms with E-state index in [4.69, 9.17) is 4.42 Å². The fraction of sp³-hybridized carbons (Fsp3) is 0.353. The first-order chi connectivity index (χ1) is 12.6. The molecule has 9 nitrogen and oxygen atoms in total. The van der Waals surface area contributed by atoms with Crippen molar-refractivity contribution < 1.29 is 9.21 Å². The Morgan fingerprint density at radius 1 is 1.35 bits per heavy atom. The lowest BCUT2D eigenvalue weighted by Crippen LogP contribution is -2.32. The molecule has 3 heterocycles. The average molecular weight is 354 g/mol. The van der Waals surface area contributed by atoms with Crippen molar-refractivity contribution in [3.05, 3.63) is 52.7 Å². The van der Waals surface area contributed by atoms with Gasteiger partial charge in [-0.2, -0.15) is 0 Å². The van der Waals surface area contributed by atoms with Crippen molar-refractivity contribution in [1.29, 1.82) is 0 Å². The van der Waals surface area contributed by atoms with Crippen LogP contribution in [0.1, 0.15) is 35.1 Å². The van der Waals surface area contributed by atoms with Crippen LogP contribution in [0.2, 0.25) is 0 Å². The highest BCUT2D eigenvalue weighted by Crippen LogP contribution is 2.36. The van der Waals surface area contributed by atoms with Gasteiger partial charge in [-0.3, -0.25) is 14.3 Å². The van der Waals surface area contributed by atoms with Crippen LogP contribution in [0.3, 0.4) is 0 Å². The molecule has 0 aliphatic heterocycles. The minimum atomic E-state index is -0.335. The van der Waals surface area contributed by atoms with E-state index in [0.29, 0.717) is 11.6 Å². The van der Waals surface area contributed by atoms with Gasteiger partial charge in [0.15, 0.2) is 5.76 Å². The van der Waals surface area contributed by atoms with Crippen LogP contribution in [0.15, 0.2) is 40.0 Å². The first-order valence-electron chi connectivity index (χ1n) is 8.43. The number of aromatic nitrogens is 5. The summed E-state index contributed by atoms with van der Waals surface area (Å²) in [5.41, 5.74) is 0.787. The number of rotatable bonds is 6. The second-order valence-corrected chi connectivity index (χ2v) is 6.21. The monoisotopic (exact) mass is 354 g/mol. The maximum atomic E-state index is 12.6. The van der Waals surface area contributed by atoms with Gasteiger partial charge in [-0.15, -0.1) is 5.10 Å². The Balaban J connectivity index is 1.47. The van der Waals surface area contributed by atoms with E-state index >= 15 is 0 Å². The summed E-state index contributed by atoms with van der Waals surface area (Å²) >= 11 is 0. The molecule has 1 saturated carbocycles. The Morgan fingerprint density at radius 3 is 2.85 bits per heavy atom. The van der Waals surface area contributed by atoms with Crippen molar-refractivity contribution >= 4 is 5.91 Å². The molecule has 0 bridgehead atoms. The van der Waals surface area contributed by atoms with Gasteiger partial charge in [-0.1, -0.05) is 0 Å². The van der Waals surface area contributed by atoms with Crippen LogP contribution in [-0.4, -0.2) is 36.8 Å². The normalized spacial score (nSPS) is 13.7. The Hall–Kier alpha value is -3.23. The third kappa shape index (κ3) is 3.15. The molecule has 3 aromatic rings. The van der Waals surface area contributed by atoms with Crippen LogP contribution in [0.25, 0.3) is 11.6 Å². The van der Waals surface area contributed by atoms with Gasteiger partial charge >= 0.3 is 5.69 Å². The van der Waals surface area contributed by atoms with Crippen molar-refractivity contribution in [2.45, 2.75) is 32.4 Å². The van der Waals surface area contributed by atoms with Gasteiger partial charge in [0, 0.05) is 18.8 Å². The highest BCUT2D eigenvalue weighted by atomic mass is 16.3. The molecule has 1 amide bonds. The molecule has 26 heavy (non-hydrogen) atoms. The van der Waals surface area contributed by atoms with E-state index in [9.17, 15) is 9.59 Å². The maximum Gasteiger partial charge on any atom is 0.346 e. The number of amides is 1. The van der Waals surface area contributed by atoms with Gasteiger partial charge in [0.1, 0.15) is 5.69 Å². The molecule has 0 aromatic carbocycles. The molecule has 0 unspecified atom stereocenters. The highest BCUT2D eigenvalue weighted by molar-refractivity contribution is 5.91. The van der Waals surface area contributed by atoms with E-state index in [1.165, 1.54) is 17.1 Å². The molecular formula is C17H18N6O3. The van der Waals surface area contributed by atoms with Crippen molar-refractivity contribution in [3.63, 3.8) is 0 Å². The second kappa shape index (κ2) is 6.58. The van der Waals surface area contributed by atoms with Crippen LogP contribution >= 0.6 is 0 Å². The quantitative estimate of drug-likeness (QED) is 0.712. The highest BCUT2D eigenvalue weighted by Gasteiger charge is 2.31. The Kier molecular flexibility index (Phi) is 4.11. The fourth-order valence-corrected chi connectivity index (χ4v) is 2.68. The molecule has 3 aromatic heterocycles. The zero-order valence-electron chi connectivity index (χ0n) is 14.3. The largest absolute Gasteiger partial charge is 0.461 e. The summed E-state index contributed by atoms with van der Waals surface area (Å²) in [6.07, 6.45) is 6.43. The summed E-state index contributed by atoms with van der Waals surface area (Å²) in [7, 11) is 0. The summed E-state index contributed by atoms with van der Waals surface area (Å²) < 4.78 is 8.43. The van der Waals surface area contributed by atoms with Gasteiger partial charge in [-0.05, 0) is 31.9 Å². The minimum Gasteiger partial charge on any atom is -0.461 e. The zero-order valence-corrected chi connectivity index (χ0v) is 14.3. The number of aryl methyl sites for hydroxylation is 1. The van der Waals surface area contributed by atoms with E-state index < -0.39 is 0 Å². The number of furan rings is 1. The molecule has 9 heteroatoms. The fourth-order valence-electron chi connectivity index (χ4n) is 2.68. The molecule has 134 valence electrons. The van der Waals surface area contributed by atoms with Crippen molar-refractivity contribution in [1.82, 2.24) is 29.6 Å². The molecule has 1 fully saturated rings. The third-order valence-corrected chi connectivity index (χ3v) is 4.15. The smallest absolute Gasteiger partial charge is 0.346 e. The number of hydrogen-bond donors (Lipinski definition) is 1. The number of carbonyl (C=O) groups is 1. The molecular weight excluding hydrogens is 336 g/mol. The predicted octanol–water partition coefficient (Wildman–Crippen LogP) is 1.17. The van der Waals surface area contributed by atoms with Crippen LogP contribution in [-0.2, 0) is 6.54 Å². The second-order valence-electron chi connectivity index (χ2n) is 6.21. The molecule has 1 aliphatic carbocycles. The number of carbonyl (C=O) groups excluding carboxylic acids is 1. The summed E-state index contributed by atoms with van der Waals surface area (Å²) in [5, 5.41) is 7.12. The first-order valence-corrected chi connectivity index (χ1v) is 8.43. The predicted molar refractivity (Wildman–Crippen MR) is 91.6 cm³/mol. The first kappa shape index (κ1) is 16.2. The number of hydrogen-bond acceptors (Lipinski definition) is 6. The van der Waals surface area contributed by atoms with Crippen LogP contribution in [0.4, 0.5) is 0 Å². The summed E-state index contributed by atoms with van der Waals surface area (Å²) in [6, 6.07) is 3.72. The lowest BCUT2D eigenvalue weighted by atomic mass is 10.4. The minimum absolute atomic E-state index is 0.175. The van der Waals surface area contributed by atoms with Gasteiger partial charge in [0.05, 0.1) is 24.7 Å². The van der Waals surface area contributed by atoms with Crippen LogP contribution in [0.5, 0.6) is 0 Å². The SMILES string of the molecule is Cc1cnc(C(=O)NCCn2nc(-c3ccco3)n(C3CC3)c2=O)cn1. The molecule has 0 saturated heterocycles. The lowest BCUT2D eigenvalue weighted by molar-refractivity contribution is 0.0946. The Labute approximate surface area is 148 Å². The van der Waals surface area contributed by atoms with Crippen LogP contribution in [0, 0.1) is 6.92 Å². The van der Waals surface area contributed by atoms with Gasteiger partial charge in [0.25, 0.3) is 5.91 Å². The van der Waals surface area contributed by atoms with Crippen molar-refractivity contribution in [2.24, 2.45) is 0 Å². The molecule has 1 N–H and O–H groups in total. The lowest BCUT2D eigenvalue weighted by Gasteiger charge is -2.04. The van der Waals surface area contributed by atoms with E-state index in [0.717, 1.165) is 18.5 Å². The third-order valence-electron chi connectivity index (χ3n) is 4.15. The van der Waals surface area contributed by atoms with Gasteiger partial charge < -0.3 is 9.73 Å². The van der Waals surface area contributed by atoms with Gasteiger partial charge in [-0.25, -0.2) is 14.5 Å². The molecule has 0 atom stereocenters.